The van der Waals surface area contributed by atoms with Crippen molar-refractivity contribution in [2.45, 2.75) is 52.9 Å². The van der Waals surface area contributed by atoms with Gasteiger partial charge >= 0.3 is 0 Å². The highest BCUT2D eigenvalue weighted by atomic mass is 16.1. The Kier molecular flexibility index (Phi) is 3.89. The molecule has 1 aromatic carbocycles. The molecule has 0 atom stereocenters. The molecule has 1 aromatic heterocycles. The summed E-state index contributed by atoms with van der Waals surface area (Å²) >= 11 is 0. The maximum atomic E-state index is 12.7. The fourth-order valence-corrected chi connectivity index (χ4v) is 2.56. The maximum absolute atomic E-state index is 12.7. The third-order valence-corrected chi connectivity index (χ3v) is 3.51. The molecule has 108 valence electrons. The average molecular weight is 272 g/mol. The first-order chi connectivity index (χ1) is 9.34. The summed E-state index contributed by atoms with van der Waals surface area (Å²) in [4.78, 5) is 12.7. The minimum absolute atomic E-state index is 0.0739. The van der Waals surface area contributed by atoms with E-state index >= 15 is 0 Å². The topological polar surface area (TPSA) is 37.8 Å². The predicted molar refractivity (Wildman–Crippen MR) is 83.8 cm³/mol. The quantitative estimate of drug-likeness (QED) is 0.908. The molecule has 1 N–H and O–H groups in total. The molecule has 3 heteroatoms. The van der Waals surface area contributed by atoms with Crippen LogP contribution < -0.4 is 5.56 Å². The lowest BCUT2D eigenvalue weighted by Crippen LogP contribution is -2.25. The molecule has 1 heterocycles. The minimum Gasteiger partial charge on any atom is -0.295 e. The maximum Gasteiger partial charge on any atom is 0.275 e. The SMILES string of the molecule is CCCc1[nH]n(-c2ccc(C)cc2)c(=O)c1C(C)(C)C. The van der Waals surface area contributed by atoms with E-state index in [0.717, 1.165) is 29.8 Å². The Hall–Kier alpha value is -1.77. The van der Waals surface area contributed by atoms with Crippen LogP contribution in [-0.4, -0.2) is 9.78 Å². The van der Waals surface area contributed by atoms with E-state index in [1.807, 2.05) is 31.2 Å². The second-order valence-electron chi connectivity index (χ2n) is 6.44. The van der Waals surface area contributed by atoms with Gasteiger partial charge in [0.1, 0.15) is 0 Å². The number of H-pyrrole nitrogens is 1. The smallest absolute Gasteiger partial charge is 0.275 e. The van der Waals surface area contributed by atoms with E-state index in [1.54, 1.807) is 4.68 Å². The molecule has 0 amide bonds. The number of benzene rings is 1. The van der Waals surface area contributed by atoms with Crippen molar-refractivity contribution in [3.05, 3.63) is 51.4 Å². The first-order valence-corrected chi connectivity index (χ1v) is 7.26. The van der Waals surface area contributed by atoms with Gasteiger partial charge in [-0.2, -0.15) is 0 Å². The Morgan fingerprint density at radius 1 is 1.15 bits per heavy atom. The van der Waals surface area contributed by atoms with Crippen molar-refractivity contribution in [3.63, 3.8) is 0 Å². The molecule has 3 nitrogen and oxygen atoms in total. The largest absolute Gasteiger partial charge is 0.295 e. The third kappa shape index (κ3) is 2.72. The lowest BCUT2D eigenvalue weighted by Gasteiger charge is -2.17. The fraction of sp³-hybridized carbons (Fsp3) is 0.471. The third-order valence-electron chi connectivity index (χ3n) is 3.51. The standard InChI is InChI=1S/C17H24N2O/c1-6-7-14-15(17(3,4)5)16(20)19(18-14)13-10-8-12(2)9-11-13/h8-11,18H,6-7H2,1-5H3. The lowest BCUT2D eigenvalue weighted by molar-refractivity contribution is 0.576. The van der Waals surface area contributed by atoms with E-state index in [-0.39, 0.29) is 11.0 Å². The molecule has 0 saturated heterocycles. The van der Waals surface area contributed by atoms with E-state index in [2.05, 4.69) is 32.8 Å². The van der Waals surface area contributed by atoms with Crippen molar-refractivity contribution < 1.29 is 0 Å². The van der Waals surface area contributed by atoms with Crippen LogP contribution in [0.5, 0.6) is 0 Å². The van der Waals surface area contributed by atoms with Crippen LogP contribution in [0.1, 0.15) is 50.9 Å². The van der Waals surface area contributed by atoms with Crippen LogP contribution >= 0.6 is 0 Å². The lowest BCUT2D eigenvalue weighted by atomic mass is 9.86. The summed E-state index contributed by atoms with van der Waals surface area (Å²) < 4.78 is 1.67. The number of aromatic amines is 1. The molecule has 0 aliphatic carbocycles. The van der Waals surface area contributed by atoms with E-state index in [4.69, 9.17) is 0 Å². The molecule has 20 heavy (non-hydrogen) atoms. The number of hydrogen-bond donors (Lipinski definition) is 1. The van der Waals surface area contributed by atoms with Gasteiger partial charge < -0.3 is 0 Å². The minimum atomic E-state index is -0.145. The highest BCUT2D eigenvalue weighted by molar-refractivity contribution is 5.37. The molecule has 2 aromatic rings. The van der Waals surface area contributed by atoms with Gasteiger partial charge in [0, 0.05) is 11.3 Å². The van der Waals surface area contributed by atoms with Gasteiger partial charge in [-0.1, -0.05) is 51.8 Å². The Bertz CT molecular complexity index is 639. The number of aryl methyl sites for hydroxylation is 2. The molecular formula is C17H24N2O. The number of rotatable bonds is 3. The summed E-state index contributed by atoms with van der Waals surface area (Å²) in [6.45, 7) is 10.5. The van der Waals surface area contributed by atoms with Crippen molar-refractivity contribution in [2.75, 3.05) is 0 Å². The summed E-state index contributed by atoms with van der Waals surface area (Å²) in [5.41, 5.74) is 3.98. The van der Waals surface area contributed by atoms with E-state index in [0.29, 0.717) is 0 Å². The van der Waals surface area contributed by atoms with Crippen LogP contribution in [0.25, 0.3) is 5.69 Å². The average Bonchev–Trinajstić information content (AvgIpc) is 2.67. The molecule has 0 unspecified atom stereocenters. The van der Waals surface area contributed by atoms with Crippen LogP contribution in [0.2, 0.25) is 0 Å². The Morgan fingerprint density at radius 3 is 2.25 bits per heavy atom. The predicted octanol–water partition coefficient (Wildman–Crippen LogP) is 3.72. The Labute approximate surface area is 120 Å². The zero-order valence-corrected chi connectivity index (χ0v) is 13.1. The Morgan fingerprint density at radius 2 is 1.75 bits per heavy atom. The zero-order valence-electron chi connectivity index (χ0n) is 13.1. The molecule has 0 aliphatic rings. The highest BCUT2D eigenvalue weighted by Gasteiger charge is 2.25. The van der Waals surface area contributed by atoms with Gasteiger partial charge in [0.05, 0.1) is 5.69 Å². The number of nitrogens with one attached hydrogen (secondary N) is 1. The summed E-state index contributed by atoms with van der Waals surface area (Å²) in [5.74, 6) is 0. The molecule has 0 saturated carbocycles. The first kappa shape index (κ1) is 14.6. The van der Waals surface area contributed by atoms with Crippen molar-refractivity contribution >= 4 is 0 Å². The molecular weight excluding hydrogens is 248 g/mol. The van der Waals surface area contributed by atoms with Gasteiger partial charge in [-0.3, -0.25) is 9.89 Å². The summed E-state index contributed by atoms with van der Waals surface area (Å²) in [6, 6.07) is 8.02. The fourth-order valence-electron chi connectivity index (χ4n) is 2.56. The first-order valence-electron chi connectivity index (χ1n) is 7.26. The van der Waals surface area contributed by atoms with Gasteiger partial charge in [0.25, 0.3) is 5.56 Å². The van der Waals surface area contributed by atoms with Crippen molar-refractivity contribution in [1.29, 1.82) is 0 Å². The van der Waals surface area contributed by atoms with Gasteiger partial charge in [0.2, 0.25) is 0 Å². The number of nitrogens with zero attached hydrogens (tertiary/aromatic N) is 1. The number of aromatic nitrogens is 2. The number of hydrogen-bond acceptors (Lipinski definition) is 1. The van der Waals surface area contributed by atoms with Crippen molar-refractivity contribution in [3.8, 4) is 5.69 Å². The summed E-state index contributed by atoms with van der Waals surface area (Å²) in [6.07, 6.45) is 1.93. The van der Waals surface area contributed by atoms with E-state index in [9.17, 15) is 4.79 Å². The molecule has 0 bridgehead atoms. The zero-order chi connectivity index (χ0) is 14.9. The second kappa shape index (κ2) is 5.31. The Balaban J connectivity index is 2.61. The van der Waals surface area contributed by atoms with Crippen molar-refractivity contribution in [2.24, 2.45) is 0 Å². The molecule has 0 aliphatic heterocycles. The van der Waals surface area contributed by atoms with Crippen molar-refractivity contribution in [1.82, 2.24) is 9.78 Å². The molecule has 0 radical (unpaired) electrons. The molecule has 2 rings (SSSR count). The van der Waals surface area contributed by atoms with Gasteiger partial charge in [-0.15, -0.1) is 0 Å². The van der Waals surface area contributed by atoms with Crippen LogP contribution in [0.15, 0.2) is 29.1 Å². The molecule has 0 spiro atoms. The van der Waals surface area contributed by atoms with Crippen LogP contribution in [0, 0.1) is 6.92 Å². The van der Waals surface area contributed by atoms with E-state index in [1.165, 1.54) is 5.56 Å². The monoisotopic (exact) mass is 272 g/mol. The van der Waals surface area contributed by atoms with Crippen LogP contribution in [0.3, 0.4) is 0 Å². The van der Waals surface area contributed by atoms with Gasteiger partial charge in [-0.25, -0.2) is 4.68 Å². The second-order valence-corrected chi connectivity index (χ2v) is 6.44. The van der Waals surface area contributed by atoms with Crippen LogP contribution in [0.4, 0.5) is 0 Å². The summed E-state index contributed by atoms with van der Waals surface area (Å²) in [7, 11) is 0. The van der Waals surface area contributed by atoms with E-state index < -0.39 is 0 Å². The van der Waals surface area contributed by atoms with Gasteiger partial charge in [-0.05, 0) is 30.9 Å². The van der Waals surface area contributed by atoms with Crippen LogP contribution in [-0.2, 0) is 11.8 Å². The molecule has 0 fully saturated rings. The normalized spacial score (nSPS) is 11.8. The summed E-state index contributed by atoms with van der Waals surface area (Å²) in [5, 5.41) is 3.30. The van der Waals surface area contributed by atoms with Gasteiger partial charge in [0.15, 0.2) is 0 Å². The highest BCUT2D eigenvalue weighted by Crippen LogP contribution is 2.23.